The summed E-state index contributed by atoms with van der Waals surface area (Å²) in [5, 5.41) is 0. The van der Waals surface area contributed by atoms with Crippen LogP contribution in [0.2, 0.25) is 0 Å². The van der Waals surface area contributed by atoms with E-state index in [4.69, 9.17) is 4.74 Å². The molecule has 0 radical (unpaired) electrons. The van der Waals surface area contributed by atoms with Gasteiger partial charge >= 0.3 is 5.97 Å². The van der Waals surface area contributed by atoms with Gasteiger partial charge in [-0.25, -0.2) is 0 Å². The molecule has 2 aliphatic carbocycles. The van der Waals surface area contributed by atoms with Gasteiger partial charge in [0.15, 0.2) is 5.78 Å². The van der Waals surface area contributed by atoms with Crippen LogP contribution in [0.25, 0.3) is 0 Å². The van der Waals surface area contributed by atoms with Crippen LogP contribution >= 0.6 is 0 Å². The van der Waals surface area contributed by atoms with E-state index in [1.165, 1.54) is 0 Å². The minimum absolute atomic E-state index is 0.0433. The van der Waals surface area contributed by atoms with Crippen LogP contribution in [0.5, 0.6) is 0 Å². The maximum absolute atomic E-state index is 11.8. The van der Waals surface area contributed by atoms with Crippen molar-refractivity contribution in [1.82, 2.24) is 4.98 Å². The predicted molar refractivity (Wildman–Crippen MR) is 64.1 cm³/mol. The molecule has 0 bridgehead atoms. The van der Waals surface area contributed by atoms with Gasteiger partial charge in [-0.05, 0) is 31.6 Å². The van der Waals surface area contributed by atoms with Crippen molar-refractivity contribution < 1.29 is 14.3 Å². The molecule has 2 atom stereocenters. The number of carbonyl (C=O) groups is 2. The van der Waals surface area contributed by atoms with Gasteiger partial charge in [0.25, 0.3) is 0 Å². The van der Waals surface area contributed by atoms with E-state index >= 15 is 0 Å². The largest absolute Gasteiger partial charge is 0.466 e. The lowest BCUT2D eigenvalue weighted by Gasteiger charge is -2.18. The van der Waals surface area contributed by atoms with E-state index in [-0.39, 0.29) is 17.7 Å². The number of aromatic nitrogens is 1. The summed E-state index contributed by atoms with van der Waals surface area (Å²) in [6.45, 7) is 2.17. The molecule has 18 heavy (non-hydrogen) atoms. The fourth-order valence-corrected chi connectivity index (χ4v) is 2.63. The average Bonchev–Trinajstić information content (AvgIpc) is 3.11. The third-order valence-corrected chi connectivity index (χ3v) is 3.62. The second-order valence-corrected chi connectivity index (χ2v) is 4.65. The highest BCUT2D eigenvalue weighted by Crippen LogP contribution is 2.57. The number of pyridine rings is 1. The van der Waals surface area contributed by atoms with Crippen LogP contribution in [-0.4, -0.2) is 23.3 Å². The molecule has 0 saturated heterocycles. The van der Waals surface area contributed by atoms with Gasteiger partial charge in [0, 0.05) is 17.2 Å². The number of rotatable bonds is 2. The Morgan fingerprint density at radius 3 is 3.22 bits per heavy atom. The van der Waals surface area contributed by atoms with E-state index in [2.05, 4.69) is 4.98 Å². The van der Waals surface area contributed by atoms with Crippen LogP contribution in [0.4, 0.5) is 0 Å². The van der Waals surface area contributed by atoms with Crippen LogP contribution in [-0.2, 0) is 14.9 Å². The Kier molecular flexibility index (Phi) is 2.33. The Hall–Kier alpha value is -1.97. The topological polar surface area (TPSA) is 56.3 Å². The van der Waals surface area contributed by atoms with Crippen LogP contribution in [0, 0.1) is 5.92 Å². The highest BCUT2D eigenvalue weighted by molar-refractivity contribution is 6.07. The minimum Gasteiger partial charge on any atom is -0.466 e. The van der Waals surface area contributed by atoms with Crippen molar-refractivity contribution in [3.63, 3.8) is 0 Å². The summed E-state index contributed by atoms with van der Waals surface area (Å²) in [4.78, 5) is 27.9. The second kappa shape index (κ2) is 3.77. The first-order valence-electron chi connectivity index (χ1n) is 6.05. The molecule has 1 aromatic rings. The van der Waals surface area contributed by atoms with Crippen molar-refractivity contribution in [3.05, 3.63) is 41.7 Å². The first-order valence-corrected chi connectivity index (χ1v) is 6.05. The lowest BCUT2D eigenvalue weighted by atomic mass is 9.87. The van der Waals surface area contributed by atoms with Crippen molar-refractivity contribution in [2.24, 2.45) is 5.92 Å². The zero-order valence-electron chi connectivity index (χ0n) is 10.1. The monoisotopic (exact) mass is 243 g/mol. The van der Waals surface area contributed by atoms with Crippen LogP contribution in [0.1, 0.15) is 29.4 Å². The van der Waals surface area contributed by atoms with Gasteiger partial charge in [-0.2, -0.15) is 0 Å². The molecular weight excluding hydrogens is 230 g/mol. The number of allylic oxidation sites excluding steroid dienone is 2. The van der Waals surface area contributed by atoms with Gasteiger partial charge in [0.1, 0.15) is 0 Å². The molecule has 3 rings (SSSR count). The highest BCUT2D eigenvalue weighted by Gasteiger charge is 2.61. The molecule has 2 unspecified atom stereocenters. The summed E-state index contributed by atoms with van der Waals surface area (Å²) in [5.41, 5.74) is 0.916. The van der Waals surface area contributed by atoms with Crippen LogP contribution in [0.3, 0.4) is 0 Å². The third-order valence-electron chi connectivity index (χ3n) is 3.62. The summed E-state index contributed by atoms with van der Waals surface area (Å²) in [6, 6.07) is 3.50. The van der Waals surface area contributed by atoms with Gasteiger partial charge in [0.2, 0.25) is 0 Å². The molecule has 1 fully saturated rings. The van der Waals surface area contributed by atoms with Crippen molar-refractivity contribution in [2.45, 2.75) is 18.8 Å². The van der Waals surface area contributed by atoms with Crippen molar-refractivity contribution in [2.75, 3.05) is 6.61 Å². The molecule has 0 amide bonds. The second-order valence-electron chi connectivity index (χ2n) is 4.65. The number of hydrogen-bond acceptors (Lipinski definition) is 4. The standard InChI is InChI=1S/C14H13NO3/c1-2-18-13(17)10-8-14(10)6-5-11(16)9-4-3-7-15-12(9)14/h3-7,10H,2,8H2,1H3. The quantitative estimate of drug-likeness (QED) is 0.741. The third kappa shape index (κ3) is 1.41. The molecule has 92 valence electrons. The molecule has 1 spiro atoms. The highest BCUT2D eigenvalue weighted by atomic mass is 16.5. The molecule has 2 aliphatic rings. The van der Waals surface area contributed by atoms with Crippen LogP contribution in [0.15, 0.2) is 30.5 Å². The number of esters is 1. The van der Waals surface area contributed by atoms with Crippen molar-refractivity contribution in [1.29, 1.82) is 0 Å². The van der Waals surface area contributed by atoms with Gasteiger partial charge in [-0.3, -0.25) is 14.6 Å². The molecule has 4 heteroatoms. The number of fused-ring (bicyclic) bond motifs is 2. The Morgan fingerprint density at radius 1 is 1.61 bits per heavy atom. The number of ether oxygens (including phenoxy) is 1. The van der Waals surface area contributed by atoms with E-state index in [0.29, 0.717) is 18.6 Å². The zero-order valence-corrected chi connectivity index (χ0v) is 10.1. The Labute approximate surface area is 105 Å². The molecule has 0 N–H and O–H groups in total. The average molecular weight is 243 g/mol. The van der Waals surface area contributed by atoms with E-state index in [1.54, 1.807) is 31.3 Å². The molecule has 1 heterocycles. The molecule has 0 aromatic carbocycles. The van der Waals surface area contributed by atoms with Crippen molar-refractivity contribution in [3.8, 4) is 0 Å². The first kappa shape index (κ1) is 11.1. The van der Waals surface area contributed by atoms with E-state index in [9.17, 15) is 9.59 Å². The molecule has 1 saturated carbocycles. The van der Waals surface area contributed by atoms with Gasteiger partial charge in [-0.15, -0.1) is 0 Å². The SMILES string of the molecule is CCOC(=O)C1CC12C=CC(=O)c1cccnc12. The summed E-state index contributed by atoms with van der Waals surface area (Å²) in [5.74, 6) is -0.443. The van der Waals surface area contributed by atoms with Crippen LogP contribution < -0.4 is 0 Å². The summed E-state index contributed by atoms with van der Waals surface area (Å²) in [7, 11) is 0. The summed E-state index contributed by atoms with van der Waals surface area (Å²) >= 11 is 0. The maximum atomic E-state index is 11.8. The Balaban J connectivity index is 1.99. The maximum Gasteiger partial charge on any atom is 0.310 e. The summed E-state index contributed by atoms with van der Waals surface area (Å²) < 4.78 is 5.05. The molecule has 0 aliphatic heterocycles. The molecular formula is C14H13NO3. The fraction of sp³-hybridized carbons (Fsp3) is 0.357. The number of carbonyl (C=O) groups excluding carboxylic acids is 2. The summed E-state index contributed by atoms with van der Waals surface area (Å²) in [6.07, 6.45) is 5.70. The lowest BCUT2D eigenvalue weighted by molar-refractivity contribution is -0.145. The van der Waals surface area contributed by atoms with E-state index < -0.39 is 5.41 Å². The first-order chi connectivity index (χ1) is 8.69. The van der Waals surface area contributed by atoms with Crippen molar-refractivity contribution >= 4 is 11.8 Å². The van der Waals surface area contributed by atoms with E-state index in [0.717, 1.165) is 5.69 Å². The molecule has 4 nitrogen and oxygen atoms in total. The molecule has 1 aromatic heterocycles. The Bertz CT molecular complexity index is 564. The van der Waals surface area contributed by atoms with E-state index in [1.807, 2.05) is 6.08 Å². The lowest BCUT2D eigenvalue weighted by Crippen LogP contribution is -2.22. The predicted octanol–water partition coefficient (Wildman–Crippen LogP) is 1.65. The smallest absolute Gasteiger partial charge is 0.310 e. The Morgan fingerprint density at radius 2 is 2.44 bits per heavy atom. The normalized spacial score (nSPS) is 28.1. The number of nitrogens with zero attached hydrogens (tertiary/aromatic N) is 1. The minimum atomic E-state index is -0.406. The van der Waals surface area contributed by atoms with Gasteiger partial charge in [0.05, 0.1) is 18.2 Å². The van der Waals surface area contributed by atoms with Gasteiger partial charge < -0.3 is 4.74 Å². The zero-order chi connectivity index (χ0) is 12.8. The number of ketones is 1. The fourth-order valence-electron chi connectivity index (χ4n) is 2.63. The number of hydrogen-bond donors (Lipinski definition) is 0. The van der Waals surface area contributed by atoms with Gasteiger partial charge in [-0.1, -0.05) is 6.08 Å².